The zero-order valence-electron chi connectivity index (χ0n) is 6.37. The Morgan fingerprint density at radius 1 is 1.58 bits per heavy atom. The molecule has 0 aliphatic heterocycles. The van der Waals surface area contributed by atoms with Crippen molar-refractivity contribution in [2.24, 2.45) is 16.5 Å². The Labute approximate surface area is 75.3 Å². The summed E-state index contributed by atoms with van der Waals surface area (Å²) in [5.41, 5.74) is 11.0. The Kier molecular flexibility index (Phi) is 2.88. The Morgan fingerprint density at radius 2 is 2.33 bits per heavy atom. The van der Waals surface area contributed by atoms with E-state index in [1.54, 1.807) is 18.3 Å². The lowest BCUT2D eigenvalue weighted by atomic mass is 10.3. The van der Waals surface area contributed by atoms with Crippen molar-refractivity contribution < 1.29 is 0 Å². The zero-order valence-corrected chi connectivity index (χ0v) is 7.12. The molecule has 0 bridgehead atoms. The molecule has 0 unspecified atom stereocenters. The van der Waals surface area contributed by atoms with Crippen LogP contribution in [-0.2, 0) is 6.54 Å². The number of pyridine rings is 1. The fourth-order valence-electron chi connectivity index (χ4n) is 0.701. The third-order valence-electron chi connectivity index (χ3n) is 1.25. The number of guanidine groups is 1. The Morgan fingerprint density at radius 3 is 2.92 bits per heavy atom. The van der Waals surface area contributed by atoms with Gasteiger partial charge in [0.15, 0.2) is 5.96 Å². The number of halogens is 1. The maximum absolute atomic E-state index is 5.79. The number of aliphatic imine (C=N–C) groups is 1. The van der Waals surface area contributed by atoms with E-state index in [0.717, 1.165) is 0 Å². The van der Waals surface area contributed by atoms with E-state index >= 15 is 0 Å². The largest absolute Gasteiger partial charge is 0.370 e. The topological polar surface area (TPSA) is 77.3 Å². The van der Waals surface area contributed by atoms with Crippen molar-refractivity contribution in [3.8, 4) is 0 Å². The van der Waals surface area contributed by atoms with Crippen LogP contribution in [0.1, 0.15) is 5.69 Å². The minimum Gasteiger partial charge on any atom is -0.370 e. The van der Waals surface area contributed by atoms with E-state index in [1.807, 2.05) is 0 Å². The van der Waals surface area contributed by atoms with Crippen LogP contribution in [0.4, 0.5) is 0 Å². The Balaban J connectivity index is 2.76. The van der Waals surface area contributed by atoms with E-state index in [0.29, 0.717) is 17.3 Å². The second-order valence-corrected chi connectivity index (χ2v) is 2.58. The minimum atomic E-state index is 0.0386. The van der Waals surface area contributed by atoms with Crippen molar-refractivity contribution in [3.05, 3.63) is 29.0 Å². The SMILES string of the molecule is NC(N)=NCc1ncccc1Cl. The summed E-state index contributed by atoms with van der Waals surface area (Å²) >= 11 is 5.79. The van der Waals surface area contributed by atoms with Gasteiger partial charge in [0.05, 0.1) is 17.3 Å². The van der Waals surface area contributed by atoms with Crippen LogP contribution in [0.3, 0.4) is 0 Å². The smallest absolute Gasteiger partial charge is 0.186 e. The lowest BCUT2D eigenvalue weighted by molar-refractivity contribution is 0.983. The number of aromatic nitrogens is 1. The second-order valence-electron chi connectivity index (χ2n) is 2.17. The summed E-state index contributed by atoms with van der Waals surface area (Å²) in [5.74, 6) is 0.0386. The molecule has 0 radical (unpaired) electrons. The first kappa shape index (κ1) is 8.80. The van der Waals surface area contributed by atoms with Gasteiger partial charge < -0.3 is 11.5 Å². The maximum Gasteiger partial charge on any atom is 0.186 e. The van der Waals surface area contributed by atoms with Gasteiger partial charge in [-0.15, -0.1) is 0 Å². The van der Waals surface area contributed by atoms with Crippen molar-refractivity contribution in [2.75, 3.05) is 0 Å². The van der Waals surface area contributed by atoms with Crippen LogP contribution in [0.15, 0.2) is 23.3 Å². The third-order valence-corrected chi connectivity index (χ3v) is 1.59. The first-order chi connectivity index (χ1) is 5.70. The van der Waals surface area contributed by atoms with Gasteiger partial charge in [0.25, 0.3) is 0 Å². The third kappa shape index (κ3) is 2.39. The highest BCUT2D eigenvalue weighted by Crippen LogP contribution is 2.12. The molecule has 1 aromatic heterocycles. The molecular weight excluding hydrogens is 176 g/mol. The highest BCUT2D eigenvalue weighted by molar-refractivity contribution is 6.31. The number of rotatable bonds is 2. The van der Waals surface area contributed by atoms with E-state index in [-0.39, 0.29) is 5.96 Å². The van der Waals surface area contributed by atoms with Gasteiger partial charge in [0.1, 0.15) is 0 Å². The second kappa shape index (κ2) is 3.92. The molecule has 1 heterocycles. The van der Waals surface area contributed by atoms with Crippen LogP contribution in [0.2, 0.25) is 5.02 Å². The molecule has 0 aromatic carbocycles. The maximum atomic E-state index is 5.79. The molecule has 0 atom stereocenters. The van der Waals surface area contributed by atoms with Gasteiger partial charge in [-0.2, -0.15) is 0 Å². The molecule has 12 heavy (non-hydrogen) atoms. The Bertz CT molecular complexity index is 293. The zero-order chi connectivity index (χ0) is 8.97. The average molecular weight is 185 g/mol. The van der Waals surface area contributed by atoms with Gasteiger partial charge in [0.2, 0.25) is 0 Å². The molecule has 5 heteroatoms. The molecule has 0 saturated carbocycles. The monoisotopic (exact) mass is 184 g/mol. The summed E-state index contributed by atoms with van der Waals surface area (Å²) in [4.78, 5) is 7.78. The summed E-state index contributed by atoms with van der Waals surface area (Å²) in [6.45, 7) is 0.321. The predicted octanol–water partition coefficient (Wildman–Crippen LogP) is 0.508. The highest BCUT2D eigenvalue weighted by Gasteiger charge is 1.97. The van der Waals surface area contributed by atoms with Gasteiger partial charge >= 0.3 is 0 Å². The molecule has 0 aliphatic carbocycles. The molecule has 1 aromatic rings. The molecule has 0 aliphatic rings. The Hall–Kier alpha value is -1.29. The molecular formula is C7H9ClN4. The highest BCUT2D eigenvalue weighted by atomic mass is 35.5. The van der Waals surface area contributed by atoms with Crippen molar-refractivity contribution >= 4 is 17.6 Å². The summed E-state index contributed by atoms with van der Waals surface area (Å²) < 4.78 is 0. The van der Waals surface area contributed by atoms with E-state index < -0.39 is 0 Å². The van der Waals surface area contributed by atoms with Gasteiger partial charge in [-0.05, 0) is 12.1 Å². The van der Waals surface area contributed by atoms with Crippen LogP contribution in [0.5, 0.6) is 0 Å². The summed E-state index contributed by atoms with van der Waals surface area (Å²) in [5, 5.41) is 0.572. The van der Waals surface area contributed by atoms with Gasteiger partial charge in [-0.25, -0.2) is 4.99 Å². The predicted molar refractivity (Wildman–Crippen MR) is 48.8 cm³/mol. The van der Waals surface area contributed by atoms with Crippen molar-refractivity contribution in [1.29, 1.82) is 0 Å². The van der Waals surface area contributed by atoms with Crippen molar-refractivity contribution in [3.63, 3.8) is 0 Å². The number of nitrogens with zero attached hydrogens (tertiary/aromatic N) is 2. The average Bonchev–Trinajstić information content (AvgIpc) is 2.03. The first-order valence-electron chi connectivity index (χ1n) is 3.35. The van der Waals surface area contributed by atoms with Crippen LogP contribution < -0.4 is 11.5 Å². The lowest BCUT2D eigenvalue weighted by Crippen LogP contribution is -2.22. The van der Waals surface area contributed by atoms with Crippen LogP contribution >= 0.6 is 11.6 Å². The molecule has 64 valence electrons. The molecule has 0 spiro atoms. The minimum absolute atomic E-state index is 0.0386. The molecule has 0 fully saturated rings. The number of hydrogen-bond acceptors (Lipinski definition) is 2. The van der Waals surface area contributed by atoms with Crippen LogP contribution in [0.25, 0.3) is 0 Å². The molecule has 4 nitrogen and oxygen atoms in total. The molecule has 0 saturated heterocycles. The lowest BCUT2D eigenvalue weighted by Gasteiger charge is -1.97. The number of hydrogen-bond donors (Lipinski definition) is 2. The summed E-state index contributed by atoms with van der Waals surface area (Å²) in [6.07, 6.45) is 1.64. The van der Waals surface area contributed by atoms with Crippen molar-refractivity contribution in [2.45, 2.75) is 6.54 Å². The molecule has 4 N–H and O–H groups in total. The van der Waals surface area contributed by atoms with Crippen LogP contribution in [-0.4, -0.2) is 10.9 Å². The number of nitrogens with two attached hydrogens (primary N) is 2. The fraction of sp³-hybridized carbons (Fsp3) is 0.143. The van der Waals surface area contributed by atoms with E-state index in [9.17, 15) is 0 Å². The summed E-state index contributed by atoms with van der Waals surface area (Å²) in [6, 6.07) is 3.49. The van der Waals surface area contributed by atoms with Gasteiger partial charge in [-0.1, -0.05) is 11.6 Å². The molecule has 0 amide bonds. The van der Waals surface area contributed by atoms with E-state index in [1.165, 1.54) is 0 Å². The standard InChI is InChI=1S/C7H9ClN4/c8-5-2-1-3-11-6(5)4-12-7(9)10/h1-3H,4H2,(H4,9,10,12). The fourth-order valence-corrected chi connectivity index (χ4v) is 0.882. The molecule has 1 rings (SSSR count). The first-order valence-corrected chi connectivity index (χ1v) is 3.72. The van der Waals surface area contributed by atoms with Gasteiger partial charge in [-0.3, -0.25) is 4.98 Å². The summed E-state index contributed by atoms with van der Waals surface area (Å²) in [7, 11) is 0. The van der Waals surface area contributed by atoms with E-state index in [2.05, 4.69) is 9.98 Å². The van der Waals surface area contributed by atoms with Gasteiger partial charge in [0, 0.05) is 6.20 Å². The normalized spacial score (nSPS) is 9.42. The van der Waals surface area contributed by atoms with E-state index in [4.69, 9.17) is 23.1 Å². The quantitative estimate of drug-likeness (QED) is 0.519. The van der Waals surface area contributed by atoms with Crippen molar-refractivity contribution in [1.82, 2.24) is 4.98 Å². The van der Waals surface area contributed by atoms with Crippen LogP contribution in [0, 0.1) is 0 Å².